The number of benzene rings is 2. The fourth-order valence-electron chi connectivity index (χ4n) is 4.33. The number of alkyl carbamates (subject to hydrolysis) is 1. The third-order valence-electron chi connectivity index (χ3n) is 5.90. The van der Waals surface area contributed by atoms with E-state index in [0.717, 1.165) is 5.56 Å². The van der Waals surface area contributed by atoms with Gasteiger partial charge in [-0.1, -0.05) is 60.7 Å². The SMILES string of the molecule is CC(C)(C)OC(=O)N[C@@H](C(=S)N[C@@H]1[C@H]2OC(C)(C)O[C@H]2O[C@@H]1COC(=O)c1ccccc1)c1ccccc1. The fourth-order valence-corrected chi connectivity index (χ4v) is 4.66. The molecular formula is C28H34N2O7S. The summed E-state index contributed by atoms with van der Waals surface area (Å²) in [6.07, 6.45) is -2.43. The van der Waals surface area contributed by atoms with Crippen molar-refractivity contribution >= 4 is 29.3 Å². The molecule has 0 unspecified atom stereocenters. The molecule has 2 aromatic rings. The molecule has 2 aliphatic heterocycles. The zero-order valence-electron chi connectivity index (χ0n) is 22.1. The van der Waals surface area contributed by atoms with Crippen molar-refractivity contribution in [3.63, 3.8) is 0 Å². The molecule has 5 atom stereocenters. The highest BCUT2D eigenvalue weighted by Crippen LogP contribution is 2.38. The average Bonchev–Trinajstić information content (AvgIpc) is 3.32. The van der Waals surface area contributed by atoms with Crippen LogP contribution in [0.2, 0.25) is 0 Å². The van der Waals surface area contributed by atoms with Gasteiger partial charge in [-0.15, -0.1) is 0 Å². The number of hydrogen-bond donors (Lipinski definition) is 2. The third kappa shape index (κ3) is 7.08. The Morgan fingerprint density at radius 2 is 1.66 bits per heavy atom. The first-order valence-electron chi connectivity index (χ1n) is 12.5. The minimum absolute atomic E-state index is 0.0519. The van der Waals surface area contributed by atoms with Crippen LogP contribution in [0.3, 0.4) is 0 Å². The molecule has 10 heteroatoms. The Bertz CT molecular complexity index is 1140. The second-order valence-corrected chi connectivity index (χ2v) is 11.1. The van der Waals surface area contributed by atoms with Gasteiger partial charge in [0, 0.05) is 0 Å². The molecule has 204 valence electrons. The summed E-state index contributed by atoms with van der Waals surface area (Å²) in [7, 11) is 0. The Labute approximate surface area is 228 Å². The molecule has 2 fully saturated rings. The Kier molecular flexibility index (Phi) is 8.37. The number of esters is 1. The summed E-state index contributed by atoms with van der Waals surface area (Å²) in [5.74, 6) is -1.33. The van der Waals surface area contributed by atoms with Gasteiger partial charge in [0.1, 0.15) is 35.4 Å². The monoisotopic (exact) mass is 542 g/mol. The quantitative estimate of drug-likeness (QED) is 0.392. The van der Waals surface area contributed by atoms with Crippen molar-refractivity contribution in [1.29, 1.82) is 0 Å². The van der Waals surface area contributed by atoms with E-state index in [-0.39, 0.29) is 6.61 Å². The molecule has 2 aromatic carbocycles. The Morgan fingerprint density at radius 3 is 2.29 bits per heavy atom. The molecule has 0 spiro atoms. The van der Waals surface area contributed by atoms with Crippen molar-refractivity contribution in [2.24, 2.45) is 0 Å². The van der Waals surface area contributed by atoms with Crippen molar-refractivity contribution < 1.29 is 33.3 Å². The van der Waals surface area contributed by atoms with Crippen molar-refractivity contribution in [3.05, 3.63) is 71.8 Å². The maximum Gasteiger partial charge on any atom is 0.408 e. The van der Waals surface area contributed by atoms with Crippen LogP contribution in [0.15, 0.2) is 60.7 Å². The van der Waals surface area contributed by atoms with Crippen LogP contribution in [-0.4, -0.2) is 59.6 Å². The lowest BCUT2D eigenvalue weighted by Gasteiger charge is -2.30. The second-order valence-electron chi connectivity index (χ2n) is 10.6. The Morgan fingerprint density at radius 1 is 1.03 bits per heavy atom. The van der Waals surface area contributed by atoms with E-state index in [1.807, 2.05) is 36.4 Å². The molecule has 0 saturated carbocycles. The maximum absolute atomic E-state index is 12.7. The molecule has 4 rings (SSSR count). The number of rotatable bonds is 7. The molecule has 2 N–H and O–H groups in total. The van der Waals surface area contributed by atoms with Crippen molar-refractivity contribution in [2.45, 2.75) is 76.6 Å². The van der Waals surface area contributed by atoms with Crippen LogP contribution in [0, 0.1) is 0 Å². The third-order valence-corrected chi connectivity index (χ3v) is 6.26. The van der Waals surface area contributed by atoms with Crippen LogP contribution in [-0.2, 0) is 23.7 Å². The van der Waals surface area contributed by atoms with E-state index < -0.39 is 54.0 Å². The highest BCUT2D eigenvalue weighted by atomic mass is 32.1. The summed E-state index contributed by atoms with van der Waals surface area (Å²) < 4.78 is 29.2. The highest BCUT2D eigenvalue weighted by molar-refractivity contribution is 7.80. The summed E-state index contributed by atoms with van der Waals surface area (Å²) in [5, 5.41) is 6.17. The van der Waals surface area contributed by atoms with Crippen LogP contribution < -0.4 is 10.6 Å². The van der Waals surface area contributed by atoms with Gasteiger partial charge in [-0.25, -0.2) is 9.59 Å². The number of nitrogens with one attached hydrogen (secondary N) is 2. The van der Waals surface area contributed by atoms with Crippen molar-refractivity contribution in [2.75, 3.05) is 6.61 Å². The van der Waals surface area contributed by atoms with Gasteiger partial charge in [0.15, 0.2) is 12.1 Å². The van der Waals surface area contributed by atoms with E-state index in [2.05, 4.69) is 10.6 Å². The summed E-state index contributed by atoms with van der Waals surface area (Å²) >= 11 is 5.80. The number of amides is 1. The molecule has 2 saturated heterocycles. The summed E-state index contributed by atoms with van der Waals surface area (Å²) in [6.45, 7) is 8.91. The van der Waals surface area contributed by atoms with Gasteiger partial charge in [-0.2, -0.15) is 0 Å². The first-order valence-corrected chi connectivity index (χ1v) is 12.9. The van der Waals surface area contributed by atoms with Gasteiger partial charge in [0.2, 0.25) is 0 Å². The molecule has 0 radical (unpaired) electrons. The Hall–Kier alpha value is -3.05. The normalized spacial score (nSPS) is 24.7. The number of carbonyl (C=O) groups is 2. The summed E-state index contributed by atoms with van der Waals surface area (Å²) in [5.41, 5.74) is 0.522. The van der Waals surface area contributed by atoms with Crippen molar-refractivity contribution in [1.82, 2.24) is 10.6 Å². The van der Waals surface area contributed by atoms with E-state index in [4.69, 9.17) is 35.9 Å². The second kappa shape index (κ2) is 11.4. The summed E-state index contributed by atoms with van der Waals surface area (Å²) in [6, 6.07) is 16.8. The molecule has 1 amide bonds. The standard InChI is InChI=1S/C28H34N2O7S/c1-27(2,3)37-26(32)30-20(17-12-8-6-9-13-17)23(38)29-21-19(34-25-22(21)35-28(4,5)36-25)16-33-24(31)18-14-10-7-11-15-18/h6-15,19-22,25H,16H2,1-5H3,(H,29,38)(H,30,32)/t19-,20-,21+,22-,25-/m1/s1. The van der Waals surface area contributed by atoms with Gasteiger partial charge in [0.05, 0.1) is 11.6 Å². The lowest BCUT2D eigenvalue weighted by molar-refractivity contribution is -0.210. The van der Waals surface area contributed by atoms with Gasteiger partial charge in [-0.05, 0) is 52.3 Å². The number of ether oxygens (including phenoxy) is 5. The van der Waals surface area contributed by atoms with Gasteiger partial charge in [-0.3, -0.25) is 0 Å². The largest absolute Gasteiger partial charge is 0.459 e. The number of fused-ring (bicyclic) bond motifs is 1. The predicted molar refractivity (Wildman–Crippen MR) is 143 cm³/mol. The van der Waals surface area contributed by atoms with Crippen LogP contribution in [0.4, 0.5) is 4.79 Å². The molecule has 2 heterocycles. The number of carbonyl (C=O) groups excluding carboxylic acids is 2. The lowest BCUT2D eigenvalue weighted by atomic mass is 10.0. The minimum Gasteiger partial charge on any atom is -0.459 e. The van der Waals surface area contributed by atoms with E-state index >= 15 is 0 Å². The van der Waals surface area contributed by atoms with Crippen LogP contribution >= 0.6 is 12.2 Å². The van der Waals surface area contributed by atoms with Crippen LogP contribution in [0.25, 0.3) is 0 Å². The average molecular weight is 543 g/mol. The number of hydrogen-bond acceptors (Lipinski definition) is 8. The highest BCUT2D eigenvalue weighted by Gasteiger charge is 2.55. The van der Waals surface area contributed by atoms with Gasteiger partial charge < -0.3 is 34.3 Å². The van der Waals surface area contributed by atoms with Crippen LogP contribution in [0.1, 0.15) is 56.6 Å². The first-order chi connectivity index (χ1) is 17.9. The molecule has 9 nitrogen and oxygen atoms in total. The zero-order valence-corrected chi connectivity index (χ0v) is 22.9. The van der Waals surface area contributed by atoms with E-state index in [0.29, 0.717) is 10.6 Å². The molecule has 2 aliphatic rings. The molecule has 38 heavy (non-hydrogen) atoms. The van der Waals surface area contributed by atoms with Crippen molar-refractivity contribution in [3.8, 4) is 0 Å². The molecule has 0 aromatic heterocycles. The molecule has 0 aliphatic carbocycles. The first kappa shape index (κ1) is 28.0. The Balaban J connectivity index is 1.51. The fraction of sp³-hybridized carbons (Fsp3) is 0.464. The van der Waals surface area contributed by atoms with E-state index in [1.165, 1.54) is 0 Å². The molecular weight excluding hydrogens is 508 g/mol. The smallest absolute Gasteiger partial charge is 0.408 e. The predicted octanol–water partition coefficient (Wildman–Crippen LogP) is 4.27. The molecule has 0 bridgehead atoms. The van der Waals surface area contributed by atoms with Gasteiger partial charge >= 0.3 is 12.1 Å². The lowest BCUT2D eigenvalue weighted by Crippen LogP contribution is -2.52. The number of thiocarbonyl (C=S) groups is 1. The van der Waals surface area contributed by atoms with E-state index in [9.17, 15) is 9.59 Å². The topological polar surface area (TPSA) is 104 Å². The van der Waals surface area contributed by atoms with Crippen LogP contribution in [0.5, 0.6) is 0 Å². The van der Waals surface area contributed by atoms with E-state index in [1.54, 1.807) is 58.9 Å². The minimum atomic E-state index is -0.865. The maximum atomic E-state index is 12.7. The van der Waals surface area contributed by atoms with Gasteiger partial charge in [0.25, 0.3) is 0 Å². The zero-order chi connectivity index (χ0) is 27.5. The summed E-state index contributed by atoms with van der Waals surface area (Å²) in [4.78, 5) is 25.6.